The van der Waals surface area contributed by atoms with Crippen LogP contribution in [-0.2, 0) is 4.74 Å². The maximum Gasteiger partial charge on any atom is 0.408 e. The fourth-order valence-electron chi connectivity index (χ4n) is 2.00. The first-order valence-electron chi connectivity index (χ1n) is 6.58. The summed E-state index contributed by atoms with van der Waals surface area (Å²) in [6.07, 6.45) is -0.652. The van der Waals surface area contributed by atoms with Gasteiger partial charge >= 0.3 is 6.09 Å². The van der Waals surface area contributed by atoms with Gasteiger partial charge in [0.15, 0.2) is 0 Å². The van der Waals surface area contributed by atoms with Crippen LogP contribution in [0, 0.1) is 11.3 Å². The Bertz CT molecular complexity index is 686. The highest BCUT2D eigenvalue weighted by Gasteiger charge is 2.31. The summed E-state index contributed by atoms with van der Waals surface area (Å²) in [5.74, 6) is 0.323. The van der Waals surface area contributed by atoms with Crippen molar-refractivity contribution in [3.8, 4) is 11.8 Å². The fraction of sp³-hybridized carbons (Fsp3) is 0.333. The molecule has 22 heavy (non-hydrogen) atoms. The fourth-order valence-corrected chi connectivity index (χ4v) is 2.16. The number of rotatable bonds is 1. The highest BCUT2D eigenvalue weighted by molar-refractivity contribution is 6.30. The summed E-state index contributed by atoms with van der Waals surface area (Å²) in [5, 5.41) is 12.4. The highest BCUT2D eigenvalue weighted by Crippen LogP contribution is 2.37. The van der Waals surface area contributed by atoms with Crippen molar-refractivity contribution >= 4 is 17.7 Å². The number of carbonyl (C=O) groups excluding carboxylic acids is 1. The molecule has 0 spiro atoms. The number of hydrogen-bond acceptors (Lipinski definition) is 5. The van der Waals surface area contributed by atoms with Crippen LogP contribution in [-0.4, -0.2) is 11.7 Å². The molecule has 1 aliphatic heterocycles. The molecule has 0 bridgehead atoms. The maximum absolute atomic E-state index is 12.0. The summed E-state index contributed by atoms with van der Waals surface area (Å²) >= 11 is 5.92. The van der Waals surface area contributed by atoms with E-state index in [2.05, 4.69) is 5.32 Å². The summed E-state index contributed by atoms with van der Waals surface area (Å²) in [6.45, 7) is 5.25. The highest BCUT2D eigenvalue weighted by atomic mass is 35.5. The average molecular weight is 322 g/mol. The first kappa shape index (κ1) is 16.0. The number of alkyl carbamates (subject to hydrolysis) is 1. The average Bonchev–Trinajstić information content (AvgIpc) is 2.35. The van der Waals surface area contributed by atoms with E-state index in [9.17, 15) is 10.1 Å². The molecular weight excluding hydrogens is 306 g/mol. The smallest absolute Gasteiger partial charge is 0.408 e. The molecule has 0 unspecified atom stereocenters. The molecule has 1 aliphatic rings. The number of benzene rings is 1. The zero-order valence-corrected chi connectivity index (χ0v) is 13.2. The van der Waals surface area contributed by atoms with Gasteiger partial charge in [-0.15, -0.1) is 0 Å². The molecule has 1 aromatic rings. The van der Waals surface area contributed by atoms with Gasteiger partial charge in [0.1, 0.15) is 29.0 Å². The number of fused-ring (bicyclic) bond motifs is 1. The van der Waals surface area contributed by atoms with Crippen molar-refractivity contribution in [2.75, 3.05) is 0 Å². The van der Waals surface area contributed by atoms with E-state index in [1.165, 1.54) is 0 Å². The van der Waals surface area contributed by atoms with Crippen molar-refractivity contribution in [2.45, 2.75) is 32.4 Å². The molecular formula is C15H16ClN3O3. The Balaban J connectivity index is 2.36. The molecule has 1 aromatic carbocycles. The van der Waals surface area contributed by atoms with Gasteiger partial charge in [0, 0.05) is 10.6 Å². The van der Waals surface area contributed by atoms with Gasteiger partial charge in [-0.05, 0) is 32.9 Å². The molecule has 0 aliphatic carbocycles. The van der Waals surface area contributed by atoms with Crippen LogP contribution in [0.5, 0.6) is 5.75 Å². The molecule has 1 heterocycles. The van der Waals surface area contributed by atoms with Gasteiger partial charge < -0.3 is 20.5 Å². The van der Waals surface area contributed by atoms with Crippen LogP contribution in [0.4, 0.5) is 4.79 Å². The second-order valence-electron chi connectivity index (χ2n) is 5.75. The molecule has 1 atom stereocenters. The zero-order chi connectivity index (χ0) is 16.5. The largest absolute Gasteiger partial charge is 0.444 e. The number of nitriles is 1. The maximum atomic E-state index is 12.0. The van der Waals surface area contributed by atoms with Crippen LogP contribution in [0.1, 0.15) is 32.4 Å². The van der Waals surface area contributed by atoms with Crippen molar-refractivity contribution in [1.29, 1.82) is 5.26 Å². The van der Waals surface area contributed by atoms with E-state index in [1.807, 2.05) is 6.07 Å². The second-order valence-corrected chi connectivity index (χ2v) is 6.19. The quantitative estimate of drug-likeness (QED) is 0.828. The molecule has 0 saturated heterocycles. The predicted molar refractivity (Wildman–Crippen MR) is 81.0 cm³/mol. The van der Waals surface area contributed by atoms with E-state index in [4.69, 9.17) is 26.8 Å². The van der Waals surface area contributed by atoms with E-state index in [1.54, 1.807) is 39.0 Å². The van der Waals surface area contributed by atoms with Crippen LogP contribution in [0.3, 0.4) is 0 Å². The van der Waals surface area contributed by atoms with Crippen molar-refractivity contribution in [3.63, 3.8) is 0 Å². The van der Waals surface area contributed by atoms with Crippen LogP contribution in [0.2, 0.25) is 5.02 Å². The van der Waals surface area contributed by atoms with Gasteiger partial charge in [-0.1, -0.05) is 17.7 Å². The lowest BCUT2D eigenvalue weighted by molar-refractivity contribution is 0.0510. The molecule has 0 radical (unpaired) electrons. The number of ether oxygens (including phenoxy) is 2. The minimum Gasteiger partial charge on any atom is -0.444 e. The van der Waals surface area contributed by atoms with Crippen LogP contribution in [0.25, 0.3) is 0 Å². The first-order chi connectivity index (χ1) is 10.2. The monoisotopic (exact) mass is 321 g/mol. The standard InChI is InChI=1S/C15H16ClN3O3/c1-15(2,3)22-14(20)19-12-9-5-4-8(16)6-11(9)21-13(18)10(12)7-17/h4-6,12H,18H2,1-3H3,(H,19,20)/t12-/m1/s1. The lowest BCUT2D eigenvalue weighted by Crippen LogP contribution is -2.37. The van der Waals surface area contributed by atoms with E-state index >= 15 is 0 Å². The zero-order valence-electron chi connectivity index (χ0n) is 12.4. The second kappa shape index (κ2) is 5.78. The van der Waals surface area contributed by atoms with Gasteiger partial charge in [0.05, 0.1) is 0 Å². The Morgan fingerprint density at radius 3 is 2.77 bits per heavy atom. The third-order valence-corrected chi connectivity index (χ3v) is 3.08. The Kier molecular flexibility index (Phi) is 4.20. The summed E-state index contributed by atoms with van der Waals surface area (Å²) in [6, 6.07) is 6.09. The van der Waals surface area contributed by atoms with Gasteiger partial charge in [0.2, 0.25) is 5.88 Å². The molecule has 2 rings (SSSR count). The van der Waals surface area contributed by atoms with Crippen molar-refractivity contribution in [1.82, 2.24) is 5.32 Å². The topological polar surface area (TPSA) is 97.4 Å². The van der Waals surface area contributed by atoms with Crippen molar-refractivity contribution in [2.24, 2.45) is 5.73 Å². The summed E-state index contributed by atoms with van der Waals surface area (Å²) < 4.78 is 10.6. The molecule has 0 fully saturated rings. The van der Waals surface area contributed by atoms with Gasteiger partial charge in [-0.3, -0.25) is 0 Å². The lowest BCUT2D eigenvalue weighted by atomic mass is 9.97. The van der Waals surface area contributed by atoms with Gasteiger partial charge in [-0.2, -0.15) is 5.26 Å². The SMILES string of the molecule is CC(C)(C)OC(=O)N[C@H]1C(C#N)=C(N)Oc2cc(Cl)ccc21. The molecule has 6 nitrogen and oxygen atoms in total. The number of halogens is 1. The summed E-state index contributed by atoms with van der Waals surface area (Å²) in [5.41, 5.74) is 5.79. The van der Waals surface area contributed by atoms with Crippen LogP contribution in [0.15, 0.2) is 29.7 Å². The minimum atomic E-state index is -0.749. The van der Waals surface area contributed by atoms with Crippen molar-refractivity contribution < 1.29 is 14.3 Å². The molecule has 0 saturated carbocycles. The molecule has 1 amide bonds. The first-order valence-corrected chi connectivity index (χ1v) is 6.95. The molecule has 3 N–H and O–H groups in total. The van der Waals surface area contributed by atoms with Crippen LogP contribution < -0.4 is 15.8 Å². The minimum absolute atomic E-state index is 0.0710. The third kappa shape index (κ3) is 3.43. The lowest BCUT2D eigenvalue weighted by Gasteiger charge is -2.28. The number of hydrogen-bond donors (Lipinski definition) is 2. The number of nitrogens with one attached hydrogen (secondary N) is 1. The Hall–Kier alpha value is -2.39. The van der Waals surface area contributed by atoms with E-state index in [-0.39, 0.29) is 11.5 Å². The van der Waals surface area contributed by atoms with Gasteiger partial charge in [-0.25, -0.2) is 4.79 Å². The Labute approximate surface area is 133 Å². The Morgan fingerprint density at radius 1 is 1.50 bits per heavy atom. The van der Waals surface area contributed by atoms with E-state index in [0.29, 0.717) is 16.3 Å². The summed E-state index contributed by atoms with van der Waals surface area (Å²) in [4.78, 5) is 12.0. The molecule has 0 aromatic heterocycles. The predicted octanol–water partition coefficient (Wildman–Crippen LogP) is 2.99. The van der Waals surface area contributed by atoms with Crippen molar-refractivity contribution in [3.05, 3.63) is 40.2 Å². The normalized spacial score (nSPS) is 17.1. The number of nitrogens with two attached hydrogens (primary N) is 1. The number of nitrogens with zero attached hydrogens (tertiary/aromatic N) is 1. The molecule has 7 heteroatoms. The van der Waals surface area contributed by atoms with Crippen LogP contribution >= 0.6 is 11.6 Å². The molecule has 116 valence electrons. The Morgan fingerprint density at radius 2 is 2.18 bits per heavy atom. The van der Waals surface area contributed by atoms with E-state index < -0.39 is 17.7 Å². The third-order valence-electron chi connectivity index (χ3n) is 2.84. The number of carbonyl (C=O) groups is 1. The number of amides is 1. The van der Waals surface area contributed by atoms with E-state index in [0.717, 1.165) is 0 Å². The van der Waals surface area contributed by atoms with Gasteiger partial charge in [0.25, 0.3) is 0 Å². The summed E-state index contributed by atoms with van der Waals surface area (Å²) in [7, 11) is 0.